The van der Waals surface area contributed by atoms with E-state index in [1.165, 1.54) is 0 Å². The molecule has 0 bridgehead atoms. The third kappa shape index (κ3) is 3.89. The predicted octanol–water partition coefficient (Wildman–Crippen LogP) is 3.08. The van der Waals surface area contributed by atoms with E-state index in [1.54, 1.807) is 21.0 Å². The highest BCUT2D eigenvalue weighted by Crippen LogP contribution is 2.41. The molecule has 1 aliphatic heterocycles. The van der Waals surface area contributed by atoms with E-state index in [0.717, 1.165) is 53.9 Å². The minimum absolute atomic E-state index is 0.0387. The topological polar surface area (TPSA) is 84.0 Å². The molecule has 0 N–H and O–H groups in total. The maximum atomic E-state index is 13.4. The molecule has 7 nitrogen and oxygen atoms in total. The number of methoxy groups -OCH3 is 1. The van der Waals surface area contributed by atoms with E-state index in [-0.39, 0.29) is 30.9 Å². The Labute approximate surface area is 172 Å². The summed E-state index contributed by atoms with van der Waals surface area (Å²) < 4.78 is 5.40. The average molecular weight is 405 g/mol. The quantitative estimate of drug-likeness (QED) is 0.502. The van der Waals surface area contributed by atoms with E-state index in [0.29, 0.717) is 12.8 Å². The van der Waals surface area contributed by atoms with Crippen molar-refractivity contribution in [2.45, 2.75) is 71.3 Å². The van der Waals surface area contributed by atoms with Gasteiger partial charge in [-0.15, -0.1) is 0 Å². The fourth-order valence-electron chi connectivity index (χ4n) is 4.87. The fourth-order valence-corrected chi connectivity index (χ4v) is 4.87. The number of hydrogen-bond acceptors (Lipinski definition) is 5. The second kappa shape index (κ2) is 8.78. The molecule has 2 aliphatic carbocycles. The zero-order valence-electron chi connectivity index (χ0n) is 17.7. The number of allylic oxidation sites excluding steroid dienone is 1. The molecular formula is C22H32N2O5. The highest BCUT2D eigenvalue weighted by atomic mass is 16.5. The Morgan fingerprint density at radius 1 is 1.14 bits per heavy atom. The molecule has 2 fully saturated rings. The minimum atomic E-state index is -1.40. The van der Waals surface area contributed by atoms with Crippen molar-refractivity contribution in [2.24, 2.45) is 11.3 Å². The number of urea groups is 1. The van der Waals surface area contributed by atoms with Gasteiger partial charge in [0.25, 0.3) is 5.91 Å². The van der Waals surface area contributed by atoms with E-state index in [4.69, 9.17) is 4.74 Å². The van der Waals surface area contributed by atoms with Crippen LogP contribution in [0.15, 0.2) is 11.6 Å². The lowest BCUT2D eigenvalue weighted by Crippen LogP contribution is -2.65. The smallest absolute Gasteiger partial charge is 0.333 e. The van der Waals surface area contributed by atoms with Crippen molar-refractivity contribution in [1.82, 2.24) is 9.80 Å². The number of rotatable bonds is 6. The number of nitrogens with zero attached hydrogens (tertiary/aromatic N) is 2. The normalized spacial score (nSPS) is 31.1. The van der Waals surface area contributed by atoms with Gasteiger partial charge >= 0.3 is 6.03 Å². The van der Waals surface area contributed by atoms with Crippen LogP contribution in [-0.4, -0.2) is 59.7 Å². The largest absolute Gasteiger partial charge is 0.381 e. The van der Waals surface area contributed by atoms with Crippen LogP contribution in [0.5, 0.6) is 0 Å². The molecular weight excluding hydrogens is 372 g/mol. The van der Waals surface area contributed by atoms with E-state index >= 15 is 0 Å². The van der Waals surface area contributed by atoms with Crippen LogP contribution < -0.4 is 0 Å². The number of carbonyl (C=O) groups excluding carboxylic acids is 4. The molecule has 7 heteroatoms. The molecule has 29 heavy (non-hydrogen) atoms. The van der Waals surface area contributed by atoms with Gasteiger partial charge in [0.1, 0.15) is 5.41 Å². The number of carbonyl (C=O) groups is 4. The van der Waals surface area contributed by atoms with E-state index in [2.05, 4.69) is 0 Å². The average Bonchev–Trinajstić information content (AvgIpc) is 2.76. The third-order valence-corrected chi connectivity index (χ3v) is 6.79. The molecule has 160 valence electrons. The van der Waals surface area contributed by atoms with E-state index in [9.17, 15) is 19.2 Å². The number of imide groups is 2. The number of barbiturate groups is 1. The summed E-state index contributed by atoms with van der Waals surface area (Å²) in [5.74, 6) is -1.37. The van der Waals surface area contributed by atoms with Gasteiger partial charge in [-0.1, -0.05) is 12.5 Å². The third-order valence-electron chi connectivity index (χ3n) is 6.79. The van der Waals surface area contributed by atoms with Crippen molar-refractivity contribution in [3.63, 3.8) is 0 Å². The van der Waals surface area contributed by atoms with Gasteiger partial charge < -0.3 is 4.74 Å². The lowest BCUT2D eigenvalue weighted by molar-refractivity contribution is -0.156. The van der Waals surface area contributed by atoms with E-state index in [1.807, 2.05) is 6.08 Å². The Kier molecular flexibility index (Phi) is 6.56. The highest BCUT2D eigenvalue weighted by molar-refractivity contribution is 6.21. The van der Waals surface area contributed by atoms with Crippen LogP contribution in [0.1, 0.15) is 65.2 Å². The van der Waals surface area contributed by atoms with Gasteiger partial charge in [-0.25, -0.2) is 4.79 Å². The van der Waals surface area contributed by atoms with Gasteiger partial charge in [0.05, 0.1) is 12.6 Å². The van der Waals surface area contributed by atoms with Crippen molar-refractivity contribution in [3.05, 3.63) is 11.6 Å². The van der Waals surface area contributed by atoms with Crippen molar-refractivity contribution >= 4 is 23.6 Å². The molecule has 3 aliphatic rings. The first-order valence-electron chi connectivity index (χ1n) is 10.8. The summed E-state index contributed by atoms with van der Waals surface area (Å²) >= 11 is 0. The summed E-state index contributed by atoms with van der Waals surface area (Å²) in [5, 5.41) is 0. The van der Waals surface area contributed by atoms with Crippen molar-refractivity contribution in [3.8, 4) is 0 Å². The molecule has 1 heterocycles. The van der Waals surface area contributed by atoms with Crippen LogP contribution in [0.25, 0.3) is 0 Å². The Morgan fingerprint density at radius 3 is 2.48 bits per heavy atom. The van der Waals surface area contributed by atoms with Crippen molar-refractivity contribution in [2.75, 3.05) is 20.2 Å². The van der Waals surface area contributed by atoms with Crippen LogP contribution in [0.2, 0.25) is 0 Å². The molecule has 0 spiro atoms. The summed E-state index contributed by atoms with van der Waals surface area (Å²) in [4.78, 5) is 54.5. The molecule has 1 saturated heterocycles. The minimum Gasteiger partial charge on any atom is -0.381 e. The number of ketones is 1. The van der Waals surface area contributed by atoms with Crippen molar-refractivity contribution < 1.29 is 23.9 Å². The zero-order chi connectivity index (χ0) is 21.2. The van der Waals surface area contributed by atoms with Gasteiger partial charge in [0, 0.05) is 19.6 Å². The SMILES string of the molecule is CCN1C(=O)N(CC(=O)C2CCCC(OC)C2)C(=O)C(C)(C2=CCCCC2)C1=O. The summed E-state index contributed by atoms with van der Waals surface area (Å²) in [6.07, 6.45) is 8.62. The second-order valence-corrected chi connectivity index (χ2v) is 8.51. The lowest BCUT2D eigenvalue weighted by Gasteiger charge is -2.44. The van der Waals surface area contributed by atoms with E-state index < -0.39 is 23.3 Å². The van der Waals surface area contributed by atoms with Crippen LogP contribution >= 0.6 is 0 Å². The number of Topliss-reactive ketones (excluding diaryl/α,β-unsaturated/α-hetero) is 1. The maximum Gasteiger partial charge on any atom is 0.333 e. The van der Waals surface area contributed by atoms with Crippen LogP contribution in [-0.2, 0) is 19.1 Å². The molecule has 4 amide bonds. The molecule has 0 aromatic carbocycles. The molecule has 0 radical (unpaired) electrons. The van der Waals surface area contributed by atoms with Gasteiger partial charge in [0.2, 0.25) is 5.91 Å². The first kappa shape index (κ1) is 21.7. The molecule has 1 saturated carbocycles. The van der Waals surface area contributed by atoms with Gasteiger partial charge in [-0.2, -0.15) is 0 Å². The first-order valence-corrected chi connectivity index (χ1v) is 10.8. The molecule has 0 aromatic rings. The predicted molar refractivity (Wildman–Crippen MR) is 107 cm³/mol. The Hall–Kier alpha value is -2.02. The summed E-state index contributed by atoms with van der Waals surface area (Å²) in [6, 6.07) is -0.677. The van der Waals surface area contributed by atoms with Crippen LogP contribution in [0.3, 0.4) is 0 Å². The standard InChI is InChI=1S/C22H32N2O5/c1-4-23-19(26)22(2,16-10-6-5-7-11-16)20(27)24(21(23)28)14-18(25)15-9-8-12-17(13-15)29-3/h10,15,17H,4-9,11-14H2,1-3H3. The summed E-state index contributed by atoms with van der Waals surface area (Å²) in [5.41, 5.74) is -0.619. The number of ether oxygens (including phenoxy) is 1. The van der Waals surface area contributed by atoms with Gasteiger partial charge in [-0.3, -0.25) is 24.2 Å². The number of hydrogen-bond donors (Lipinski definition) is 0. The summed E-state index contributed by atoms with van der Waals surface area (Å²) in [7, 11) is 1.64. The lowest BCUT2D eigenvalue weighted by atomic mass is 9.73. The maximum absolute atomic E-state index is 13.4. The first-order chi connectivity index (χ1) is 13.8. The van der Waals surface area contributed by atoms with Crippen LogP contribution in [0, 0.1) is 11.3 Å². The molecule has 0 aromatic heterocycles. The van der Waals surface area contributed by atoms with Crippen molar-refractivity contribution in [1.29, 1.82) is 0 Å². The summed E-state index contributed by atoms with van der Waals surface area (Å²) in [6.45, 7) is 3.23. The monoisotopic (exact) mass is 404 g/mol. The Bertz CT molecular complexity index is 731. The second-order valence-electron chi connectivity index (χ2n) is 8.51. The molecule has 3 rings (SSSR count). The Morgan fingerprint density at radius 2 is 1.86 bits per heavy atom. The van der Waals surface area contributed by atoms with Crippen LogP contribution in [0.4, 0.5) is 4.79 Å². The fraction of sp³-hybridized carbons (Fsp3) is 0.727. The van der Waals surface area contributed by atoms with Gasteiger partial charge in [0.15, 0.2) is 5.78 Å². The zero-order valence-corrected chi connectivity index (χ0v) is 17.7. The number of amides is 4. The molecule has 3 atom stereocenters. The highest BCUT2D eigenvalue weighted by Gasteiger charge is 2.56. The van der Waals surface area contributed by atoms with Gasteiger partial charge in [-0.05, 0) is 64.4 Å². The Balaban J connectivity index is 1.86. The molecule has 3 unspecified atom stereocenters.